The molecule has 2 amide bonds. The summed E-state index contributed by atoms with van der Waals surface area (Å²) in [6, 6.07) is 0. The lowest BCUT2D eigenvalue weighted by atomic mass is 10.4. The van der Waals surface area contributed by atoms with Crippen molar-refractivity contribution in [3.8, 4) is 0 Å². The van der Waals surface area contributed by atoms with E-state index in [1.807, 2.05) is 18.9 Å². The fourth-order valence-electron chi connectivity index (χ4n) is 1.50. The molecule has 0 bridgehead atoms. The van der Waals surface area contributed by atoms with Crippen LogP contribution in [0.4, 0.5) is 0 Å². The molecule has 0 saturated heterocycles. The summed E-state index contributed by atoms with van der Waals surface area (Å²) >= 11 is 0. The van der Waals surface area contributed by atoms with Gasteiger partial charge < -0.3 is 0 Å². The van der Waals surface area contributed by atoms with Crippen molar-refractivity contribution in [2.45, 2.75) is 26.7 Å². The van der Waals surface area contributed by atoms with Gasteiger partial charge in [-0.2, -0.15) is 0 Å². The number of imide groups is 1. The second-order valence-electron chi connectivity index (χ2n) is 3.28. The van der Waals surface area contributed by atoms with E-state index in [-0.39, 0.29) is 11.8 Å². The lowest BCUT2D eigenvalue weighted by Crippen LogP contribution is -2.51. The molecule has 1 heterocycles. The summed E-state index contributed by atoms with van der Waals surface area (Å²) < 4.78 is 0. The standard InChI is InChI=1S/C10H16N2O2/c1-3-7-11(8-4-2)12-9(13)5-6-10(12)14/h5-6H,3-4,7-8H2,1-2H3/q+1. The molecule has 77 valence electrons. The van der Waals surface area contributed by atoms with Crippen LogP contribution in [0.1, 0.15) is 26.7 Å². The van der Waals surface area contributed by atoms with E-state index < -0.39 is 0 Å². The van der Waals surface area contributed by atoms with Gasteiger partial charge in [0, 0.05) is 25.0 Å². The molecular weight excluding hydrogens is 180 g/mol. The average molecular weight is 196 g/mol. The first-order chi connectivity index (χ1) is 6.70. The molecular formula is C10H16N2O2+. The molecule has 0 aromatic heterocycles. The molecule has 14 heavy (non-hydrogen) atoms. The van der Waals surface area contributed by atoms with Crippen molar-refractivity contribution in [1.29, 1.82) is 0 Å². The van der Waals surface area contributed by atoms with E-state index in [1.54, 1.807) is 0 Å². The molecule has 1 aliphatic heterocycles. The minimum Gasteiger partial charge on any atom is -0.264 e. The number of amides is 2. The maximum Gasteiger partial charge on any atom is 0.305 e. The van der Waals surface area contributed by atoms with E-state index in [9.17, 15) is 9.59 Å². The zero-order valence-corrected chi connectivity index (χ0v) is 8.69. The van der Waals surface area contributed by atoms with Gasteiger partial charge in [0.15, 0.2) is 13.1 Å². The average Bonchev–Trinajstić information content (AvgIpc) is 2.46. The van der Waals surface area contributed by atoms with Gasteiger partial charge in [-0.05, 0) is 5.01 Å². The Bertz CT molecular complexity index is 237. The number of carbonyl (C=O) groups is 2. The van der Waals surface area contributed by atoms with E-state index in [2.05, 4.69) is 0 Å². The molecule has 4 nitrogen and oxygen atoms in total. The Kier molecular flexibility index (Phi) is 3.83. The summed E-state index contributed by atoms with van der Waals surface area (Å²) in [6.07, 6.45) is 4.50. The van der Waals surface area contributed by atoms with Crippen LogP contribution in [0.5, 0.6) is 0 Å². The van der Waals surface area contributed by atoms with Crippen molar-refractivity contribution in [2.24, 2.45) is 0 Å². The van der Waals surface area contributed by atoms with Crippen LogP contribution in [0.25, 0.3) is 0 Å². The number of rotatable bonds is 5. The minimum atomic E-state index is -0.225. The number of hydrazine groups is 1. The minimum absolute atomic E-state index is 0.225. The topological polar surface area (TPSA) is 43.3 Å². The Morgan fingerprint density at radius 2 is 1.50 bits per heavy atom. The first-order valence-corrected chi connectivity index (χ1v) is 5.01. The third-order valence-corrected chi connectivity index (χ3v) is 2.03. The van der Waals surface area contributed by atoms with Gasteiger partial charge in [0.05, 0.1) is 0 Å². The van der Waals surface area contributed by atoms with Gasteiger partial charge in [0.2, 0.25) is 0 Å². The second-order valence-corrected chi connectivity index (χ2v) is 3.28. The Balaban J connectivity index is 2.67. The van der Waals surface area contributed by atoms with Crippen molar-refractivity contribution >= 4 is 11.8 Å². The fourth-order valence-corrected chi connectivity index (χ4v) is 1.50. The van der Waals surface area contributed by atoms with Gasteiger partial charge in [-0.3, -0.25) is 9.59 Å². The normalized spacial score (nSPS) is 16.1. The first kappa shape index (κ1) is 10.9. The van der Waals surface area contributed by atoms with Crippen LogP contribution in [0.2, 0.25) is 0 Å². The smallest absolute Gasteiger partial charge is 0.264 e. The summed E-state index contributed by atoms with van der Waals surface area (Å²) in [5, 5.41) is 3.04. The predicted octanol–water partition coefficient (Wildman–Crippen LogP) is 0.786. The highest BCUT2D eigenvalue weighted by Gasteiger charge is 2.36. The third-order valence-electron chi connectivity index (χ3n) is 2.03. The Hall–Kier alpha value is -1.16. The molecule has 1 radical (unpaired) electrons. The summed E-state index contributed by atoms with van der Waals surface area (Å²) in [5.74, 6) is -0.450. The molecule has 0 aromatic rings. The maximum absolute atomic E-state index is 11.4. The summed E-state index contributed by atoms with van der Waals surface area (Å²) in [6.45, 7) is 5.54. The molecule has 1 aliphatic rings. The van der Waals surface area contributed by atoms with Gasteiger partial charge in [-0.1, -0.05) is 18.9 Å². The zero-order chi connectivity index (χ0) is 10.6. The Morgan fingerprint density at radius 1 is 1.07 bits per heavy atom. The van der Waals surface area contributed by atoms with E-state index in [0.29, 0.717) is 0 Å². The van der Waals surface area contributed by atoms with Crippen LogP contribution in [0, 0.1) is 0 Å². The highest BCUT2D eigenvalue weighted by Crippen LogP contribution is 2.07. The van der Waals surface area contributed by atoms with E-state index in [4.69, 9.17) is 0 Å². The third kappa shape index (κ3) is 2.20. The van der Waals surface area contributed by atoms with E-state index in [1.165, 1.54) is 17.2 Å². The van der Waals surface area contributed by atoms with Crippen molar-refractivity contribution in [3.63, 3.8) is 0 Å². The number of hydrogen-bond acceptors (Lipinski definition) is 3. The highest BCUT2D eigenvalue weighted by atomic mass is 16.2. The van der Waals surface area contributed by atoms with Crippen LogP contribution in [0.3, 0.4) is 0 Å². The molecule has 0 saturated carbocycles. The van der Waals surface area contributed by atoms with E-state index in [0.717, 1.165) is 25.9 Å². The van der Waals surface area contributed by atoms with Crippen LogP contribution < -0.4 is 5.01 Å². The zero-order valence-electron chi connectivity index (χ0n) is 8.69. The summed E-state index contributed by atoms with van der Waals surface area (Å²) in [5.41, 5.74) is 0. The van der Waals surface area contributed by atoms with Gasteiger partial charge in [0.1, 0.15) is 0 Å². The van der Waals surface area contributed by atoms with Crippen molar-refractivity contribution in [2.75, 3.05) is 13.1 Å². The van der Waals surface area contributed by atoms with Crippen LogP contribution >= 0.6 is 0 Å². The number of hydrogen-bond donors (Lipinski definition) is 0. The van der Waals surface area contributed by atoms with Crippen LogP contribution in [-0.4, -0.2) is 29.9 Å². The highest BCUT2D eigenvalue weighted by molar-refractivity contribution is 6.12. The monoisotopic (exact) mass is 196 g/mol. The second kappa shape index (κ2) is 4.91. The quantitative estimate of drug-likeness (QED) is 0.482. The van der Waals surface area contributed by atoms with Gasteiger partial charge in [0.25, 0.3) is 0 Å². The molecule has 4 heteroatoms. The van der Waals surface area contributed by atoms with Gasteiger partial charge in [-0.25, -0.2) is 0 Å². The molecule has 0 unspecified atom stereocenters. The number of nitrogens with zero attached hydrogens (tertiary/aromatic N) is 2. The molecule has 0 aliphatic carbocycles. The lowest BCUT2D eigenvalue weighted by Gasteiger charge is -2.17. The van der Waals surface area contributed by atoms with Gasteiger partial charge in [-0.15, -0.1) is 0 Å². The molecule has 0 aromatic carbocycles. The molecule has 1 rings (SSSR count). The van der Waals surface area contributed by atoms with Gasteiger partial charge >= 0.3 is 11.8 Å². The molecule has 0 fully saturated rings. The van der Waals surface area contributed by atoms with E-state index >= 15 is 0 Å². The summed E-state index contributed by atoms with van der Waals surface area (Å²) in [7, 11) is 0. The fraction of sp³-hybridized carbons (Fsp3) is 0.600. The number of carbonyl (C=O) groups excluding carboxylic acids is 2. The SMILES string of the molecule is CCC[N+](CCC)N1C(=O)C=CC1=O. The van der Waals surface area contributed by atoms with Crippen molar-refractivity contribution < 1.29 is 9.59 Å². The Morgan fingerprint density at radius 3 is 1.86 bits per heavy atom. The first-order valence-electron chi connectivity index (χ1n) is 5.01. The summed E-state index contributed by atoms with van der Waals surface area (Å²) in [4.78, 5) is 22.7. The molecule has 0 atom stereocenters. The van der Waals surface area contributed by atoms with Crippen LogP contribution in [0.15, 0.2) is 12.2 Å². The molecule has 0 N–H and O–H groups in total. The lowest BCUT2D eigenvalue weighted by molar-refractivity contribution is -0.146. The van der Waals surface area contributed by atoms with Crippen LogP contribution in [-0.2, 0) is 9.59 Å². The van der Waals surface area contributed by atoms with Crippen molar-refractivity contribution in [3.05, 3.63) is 12.2 Å². The Labute approximate surface area is 84.1 Å². The molecule has 0 spiro atoms. The maximum atomic E-state index is 11.4. The largest absolute Gasteiger partial charge is 0.305 e. The van der Waals surface area contributed by atoms with Crippen molar-refractivity contribution in [1.82, 2.24) is 10.0 Å². The predicted molar refractivity (Wildman–Crippen MR) is 53.4 cm³/mol.